The fourth-order valence-electron chi connectivity index (χ4n) is 1.02. The third-order valence-electron chi connectivity index (χ3n) is 1.54. The fraction of sp³-hybridized carbons (Fsp3) is 0.200. The van der Waals surface area contributed by atoms with Gasteiger partial charge in [-0.3, -0.25) is 9.59 Å². The summed E-state index contributed by atoms with van der Waals surface area (Å²) in [4.78, 5) is 20.1. The largest absolute Gasteiger partial charge is 0.291 e. The summed E-state index contributed by atoms with van der Waals surface area (Å²) in [7, 11) is 0. The van der Waals surface area contributed by atoms with Gasteiger partial charge in [0.15, 0.2) is 0 Å². The Labute approximate surface area is 71.2 Å². The summed E-state index contributed by atoms with van der Waals surface area (Å²) in [5.74, 6) is 0. The van der Waals surface area contributed by atoms with E-state index in [-0.39, 0.29) is 12.8 Å². The molecular formula is C10H8O2. The summed E-state index contributed by atoms with van der Waals surface area (Å²) >= 11 is 0. The average molecular weight is 160 g/mol. The Balaban J connectivity index is 2.79. The minimum Gasteiger partial charge on any atom is -0.291 e. The van der Waals surface area contributed by atoms with E-state index in [1.165, 1.54) is 0 Å². The highest BCUT2D eigenvalue weighted by atomic mass is 16.1. The van der Waals surface area contributed by atoms with Crippen molar-refractivity contribution in [2.24, 2.45) is 0 Å². The van der Waals surface area contributed by atoms with E-state index in [0.29, 0.717) is 0 Å². The molecule has 0 atom stereocenters. The quantitative estimate of drug-likeness (QED) is 0.658. The second kappa shape index (κ2) is 4.44. The molecule has 0 N–H and O–H groups in total. The minimum atomic E-state index is 0.284. The molecule has 0 spiro atoms. The third kappa shape index (κ3) is 2.31. The van der Waals surface area contributed by atoms with Gasteiger partial charge >= 0.3 is 0 Å². The van der Waals surface area contributed by atoms with E-state index in [1.54, 1.807) is 12.6 Å². The van der Waals surface area contributed by atoms with Gasteiger partial charge in [-0.05, 0) is 11.1 Å². The van der Waals surface area contributed by atoms with Crippen molar-refractivity contribution in [3.8, 4) is 0 Å². The lowest BCUT2D eigenvalue weighted by atomic mass is 10.1. The van der Waals surface area contributed by atoms with Crippen LogP contribution in [0.15, 0.2) is 24.3 Å². The Hall–Kier alpha value is -1.44. The van der Waals surface area contributed by atoms with Crippen LogP contribution in [0, 0.1) is 0 Å². The molecule has 0 amide bonds. The second-order valence-corrected chi connectivity index (χ2v) is 2.46. The number of rotatable bonds is 4. The monoisotopic (exact) mass is 160 g/mol. The van der Waals surface area contributed by atoms with Gasteiger partial charge in [-0.25, -0.2) is 0 Å². The molecule has 1 aromatic rings. The first-order valence-electron chi connectivity index (χ1n) is 3.64. The van der Waals surface area contributed by atoms with Gasteiger partial charge in [-0.1, -0.05) is 24.3 Å². The van der Waals surface area contributed by atoms with Crippen LogP contribution in [0.2, 0.25) is 0 Å². The summed E-state index contributed by atoms with van der Waals surface area (Å²) < 4.78 is 0. The highest BCUT2D eigenvalue weighted by Crippen LogP contribution is 2.04. The van der Waals surface area contributed by atoms with Gasteiger partial charge in [0.25, 0.3) is 0 Å². The number of benzene rings is 1. The van der Waals surface area contributed by atoms with Crippen LogP contribution in [-0.4, -0.2) is 12.6 Å². The summed E-state index contributed by atoms with van der Waals surface area (Å²) in [6.45, 7) is 0. The highest BCUT2D eigenvalue weighted by Gasteiger charge is 1.95. The maximum atomic E-state index is 10.0. The Kier molecular flexibility index (Phi) is 3.20. The lowest BCUT2D eigenvalue weighted by Gasteiger charge is -1.97. The van der Waals surface area contributed by atoms with Crippen molar-refractivity contribution in [2.75, 3.05) is 0 Å². The predicted octanol–water partition coefficient (Wildman–Crippen LogP) is 0.991. The molecule has 12 heavy (non-hydrogen) atoms. The SMILES string of the molecule is O=[C]Cc1cccc(C[C]=O)c1. The van der Waals surface area contributed by atoms with Crippen LogP contribution in [0.25, 0.3) is 0 Å². The van der Waals surface area contributed by atoms with Crippen molar-refractivity contribution >= 4 is 12.6 Å². The molecule has 60 valence electrons. The zero-order valence-electron chi connectivity index (χ0n) is 6.54. The second-order valence-electron chi connectivity index (χ2n) is 2.46. The maximum Gasteiger partial charge on any atom is 0.203 e. The van der Waals surface area contributed by atoms with Crippen LogP contribution in [0.1, 0.15) is 11.1 Å². The van der Waals surface area contributed by atoms with Gasteiger partial charge in [0.2, 0.25) is 12.6 Å². The van der Waals surface area contributed by atoms with Crippen molar-refractivity contribution in [2.45, 2.75) is 12.8 Å². The Morgan fingerprint density at radius 3 is 1.92 bits per heavy atom. The van der Waals surface area contributed by atoms with E-state index in [0.717, 1.165) is 11.1 Å². The molecule has 0 saturated carbocycles. The summed E-state index contributed by atoms with van der Waals surface area (Å²) in [6, 6.07) is 7.30. The van der Waals surface area contributed by atoms with Crippen LogP contribution in [0.4, 0.5) is 0 Å². The first kappa shape index (κ1) is 8.65. The van der Waals surface area contributed by atoms with Crippen LogP contribution in [0.3, 0.4) is 0 Å². The molecule has 2 heteroatoms. The summed E-state index contributed by atoms with van der Waals surface area (Å²) in [5, 5.41) is 0. The minimum absolute atomic E-state index is 0.284. The highest BCUT2D eigenvalue weighted by molar-refractivity contribution is 5.58. The standard InChI is InChI=1S/C10H8O2/c11-6-4-9-2-1-3-10(8-9)5-7-12/h1-3,8H,4-5H2. The molecule has 0 aliphatic heterocycles. The molecular weight excluding hydrogens is 152 g/mol. The molecule has 1 rings (SSSR count). The smallest absolute Gasteiger partial charge is 0.203 e. The van der Waals surface area contributed by atoms with Gasteiger partial charge < -0.3 is 0 Å². The van der Waals surface area contributed by atoms with E-state index in [2.05, 4.69) is 0 Å². The average Bonchev–Trinajstić information content (AvgIpc) is 2.06. The van der Waals surface area contributed by atoms with Crippen molar-refractivity contribution in [3.63, 3.8) is 0 Å². The number of carbonyl (C=O) groups excluding carboxylic acids is 2. The predicted molar refractivity (Wildman–Crippen MR) is 45.2 cm³/mol. The normalized spacial score (nSPS) is 9.33. The first-order valence-corrected chi connectivity index (χ1v) is 3.64. The van der Waals surface area contributed by atoms with Gasteiger partial charge in [-0.2, -0.15) is 0 Å². The van der Waals surface area contributed by atoms with E-state index in [4.69, 9.17) is 0 Å². The molecule has 0 bridgehead atoms. The summed E-state index contributed by atoms with van der Waals surface area (Å²) in [5.41, 5.74) is 1.77. The topological polar surface area (TPSA) is 34.1 Å². The van der Waals surface area contributed by atoms with Crippen LogP contribution in [0.5, 0.6) is 0 Å². The molecule has 0 unspecified atom stereocenters. The molecule has 1 aromatic carbocycles. The lowest BCUT2D eigenvalue weighted by molar-refractivity contribution is 0.555. The molecule has 0 aliphatic rings. The molecule has 0 fully saturated rings. The van der Waals surface area contributed by atoms with E-state index in [9.17, 15) is 9.59 Å². The molecule has 2 radical (unpaired) electrons. The number of hydrogen-bond acceptors (Lipinski definition) is 2. The van der Waals surface area contributed by atoms with Crippen molar-refractivity contribution in [3.05, 3.63) is 35.4 Å². The van der Waals surface area contributed by atoms with Crippen LogP contribution >= 0.6 is 0 Å². The molecule has 2 nitrogen and oxygen atoms in total. The Morgan fingerprint density at radius 1 is 1.00 bits per heavy atom. The van der Waals surface area contributed by atoms with Gasteiger partial charge in [0, 0.05) is 12.8 Å². The van der Waals surface area contributed by atoms with Crippen molar-refractivity contribution in [1.82, 2.24) is 0 Å². The van der Waals surface area contributed by atoms with E-state index < -0.39 is 0 Å². The fourth-order valence-corrected chi connectivity index (χ4v) is 1.02. The number of hydrogen-bond donors (Lipinski definition) is 0. The van der Waals surface area contributed by atoms with Crippen LogP contribution in [-0.2, 0) is 22.4 Å². The molecule has 0 aliphatic carbocycles. The van der Waals surface area contributed by atoms with Crippen LogP contribution < -0.4 is 0 Å². The zero-order valence-corrected chi connectivity index (χ0v) is 6.54. The maximum absolute atomic E-state index is 10.0. The van der Waals surface area contributed by atoms with Gasteiger partial charge in [0.1, 0.15) is 0 Å². The molecule has 0 heterocycles. The van der Waals surface area contributed by atoms with Crippen molar-refractivity contribution in [1.29, 1.82) is 0 Å². The van der Waals surface area contributed by atoms with Crippen molar-refractivity contribution < 1.29 is 9.59 Å². The Morgan fingerprint density at radius 2 is 1.50 bits per heavy atom. The lowest BCUT2D eigenvalue weighted by Crippen LogP contribution is -1.90. The zero-order chi connectivity index (χ0) is 8.81. The Bertz CT molecular complexity index is 254. The third-order valence-corrected chi connectivity index (χ3v) is 1.54. The first-order chi connectivity index (χ1) is 5.86. The van der Waals surface area contributed by atoms with E-state index >= 15 is 0 Å². The molecule has 0 aromatic heterocycles. The van der Waals surface area contributed by atoms with Gasteiger partial charge in [-0.15, -0.1) is 0 Å². The summed E-state index contributed by atoms with van der Waals surface area (Å²) in [6.07, 6.45) is 4.18. The molecule has 0 saturated heterocycles. The van der Waals surface area contributed by atoms with E-state index in [1.807, 2.05) is 24.3 Å². The van der Waals surface area contributed by atoms with Gasteiger partial charge in [0.05, 0.1) is 0 Å².